The molecule has 0 fully saturated rings. The van der Waals surface area contributed by atoms with E-state index in [1.807, 2.05) is 0 Å². The standard InChI is InChI=1S/C15H19I/c1-2-12-7-3-5-9-14(12)15-10-6-4-8-13(15)11-16/h3,5-7,9-10,13,15H,2,4,8,11H2,1H3. The highest BCUT2D eigenvalue weighted by Gasteiger charge is 2.23. The molecular weight excluding hydrogens is 307 g/mol. The van der Waals surface area contributed by atoms with E-state index < -0.39 is 0 Å². The van der Waals surface area contributed by atoms with Gasteiger partial charge in [-0.25, -0.2) is 0 Å². The number of allylic oxidation sites excluding steroid dienone is 2. The van der Waals surface area contributed by atoms with Crippen LogP contribution in [0.3, 0.4) is 0 Å². The predicted molar refractivity (Wildman–Crippen MR) is 79.3 cm³/mol. The minimum atomic E-state index is 0.654. The summed E-state index contributed by atoms with van der Waals surface area (Å²) in [6.07, 6.45) is 8.55. The molecule has 1 heteroatoms. The Labute approximate surface area is 112 Å². The zero-order valence-electron chi connectivity index (χ0n) is 9.83. The van der Waals surface area contributed by atoms with Crippen molar-refractivity contribution in [2.45, 2.75) is 32.1 Å². The number of hydrogen-bond acceptors (Lipinski definition) is 0. The van der Waals surface area contributed by atoms with E-state index in [0.717, 1.165) is 12.3 Å². The Morgan fingerprint density at radius 3 is 2.88 bits per heavy atom. The first kappa shape index (κ1) is 12.2. The van der Waals surface area contributed by atoms with Gasteiger partial charge in [0.2, 0.25) is 0 Å². The topological polar surface area (TPSA) is 0 Å². The molecule has 0 amide bonds. The van der Waals surface area contributed by atoms with Gasteiger partial charge in [0.05, 0.1) is 0 Å². The van der Waals surface area contributed by atoms with Crippen LogP contribution in [0.1, 0.15) is 36.8 Å². The van der Waals surface area contributed by atoms with Gasteiger partial charge in [-0.2, -0.15) is 0 Å². The molecule has 0 nitrogen and oxygen atoms in total. The predicted octanol–water partition coefficient (Wildman–Crippen LogP) is 4.73. The molecule has 2 atom stereocenters. The number of aryl methyl sites for hydroxylation is 1. The van der Waals surface area contributed by atoms with Crippen LogP contribution in [-0.4, -0.2) is 4.43 Å². The molecule has 1 aromatic rings. The van der Waals surface area contributed by atoms with Crippen LogP contribution in [0, 0.1) is 5.92 Å². The van der Waals surface area contributed by atoms with E-state index >= 15 is 0 Å². The first-order chi connectivity index (χ1) is 7.86. The van der Waals surface area contributed by atoms with Gasteiger partial charge in [0, 0.05) is 10.3 Å². The van der Waals surface area contributed by atoms with Crippen molar-refractivity contribution in [3.63, 3.8) is 0 Å². The highest BCUT2D eigenvalue weighted by Crippen LogP contribution is 2.36. The van der Waals surface area contributed by atoms with Crippen molar-refractivity contribution in [2.24, 2.45) is 5.92 Å². The number of alkyl halides is 1. The van der Waals surface area contributed by atoms with Gasteiger partial charge in [0.25, 0.3) is 0 Å². The van der Waals surface area contributed by atoms with E-state index in [9.17, 15) is 0 Å². The largest absolute Gasteiger partial charge is 0.0879 e. The Balaban J connectivity index is 2.34. The van der Waals surface area contributed by atoms with Crippen molar-refractivity contribution in [3.8, 4) is 0 Å². The molecule has 0 spiro atoms. The highest BCUT2D eigenvalue weighted by atomic mass is 127. The van der Waals surface area contributed by atoms with E-state index in [1.54, 1.807) is 5.56 Å². The maximum absolute atomic E-state index is 2.54. The molecule has 0 saturated heterocycles. The van der Waals surface area contributed by atoms with E-state index in [2.05, 4.69) is 65.9 Å². The van der Waals surface area contributed by atoms with Crippen molar-refractivity contribution in [2.75, 3.05) is 4.43 Å². The Morgan fingerprint density at radius 2 is 2.12 bits per heavy atom. The first-order valence-electron chi connectivity index (χ1n) is 6.17. The monoisotopic (exact) mass is 326 g/mol. The maximum atomic E-state index is 2.54. The van der Waals surface area contributed by atoms with Gasteiger partial charge in [-0.3, -0.25) is 0 Å². The third kappa shape index (κ3) is 2.50. The van der Waals surface area contributed by atoms with Gasteiger partial charge in [-0.15, -0.1) is 0 Å². The zero-order chi connectivity index (χ0) is 11.4. The minimum absolute atomic E-state index is 0.654. The Morgan fingerprint density at radius 1 is 1.31 bits per heavy atom. The second-order valence-corrected chi connectivity index (χ2v) is 5.38. The van der Waals surface area contributed by atoms with Crippen LogP contribution >= 0.6 is 22.6 Å². The number of hydrogen-bond donors (Lipinski definition) is 0. The van der Waals surface area contributed by atoms with E-state index in [1.165, 1.54) is 22.8 Å². The highest BCUT2D eigenvalue weighted by molar-refractivity contribution is 14.1. The minimum Gasteiger partial charge on any atom is -0.0879 e. The summed E-state index contributed by atoms with van der Waals surface area (Å²) in [5, 5.41) is 0. The molecule has 0 N–H and O–H groups in total. The van der Waals surface area contributed by atoms with E-state index in [0.29, 0.717) is 5.92 Å². The maximum Gasteiger partial charge on any atom is 0.00564 e. The molecule has 16 heavy (non-hydrogen) atoms. The van der Waals surface area contributed by atoms with Crippen molar-refractivity contribution in [1.29, 1.82) is 0 Å². The summed E-state index contributed by atoms with van der Waals surface area (Å²) in [6.45, 7) is 2.25. The molecule has 1 aliphatic carbocycles. The van der Waals surface area contributed by atoms with Gasteiger partial charge in [0.15, 0.2) is 0 Å². The summed E-state index contributed by atoms with van der Waals surface area (Å²) in [6, 6.07) is 8.94. The zero-order valence-corrected chi connectivity index (χ0v) is 12.0. The van der Waals surface area contributed by atoms with Crippen LogP contribution in [0.4, 0.5) is 0 Å². The smallest absolute Gasteiger partial charge is 0.00564 e. The lowest BCUT2D eigenvalue weighted by molar-refractivity contribution is 0.481. The molecule has 2 rings (SSSR count). The van der Waals surface area contributed by atoms with Crippen molar-refractivity contribution in [1.82, 2.24) is 0 Å². The van der Waals surface area contributed by atoms with Crippen LogP contribution < -0.4 is 0 Å². The summed E-state index contributed by atoms with van der Waals surface area (Å²) >= 11 is 2.54. The quantitative estimate of drug-likeness (QED) is 0.428. The molecule has 0 radical (unpaired) electrons. The lowest BCUT2D eigenvalue weighted by Gasteiger charge is -2.28. The summed E-state index contributed by atoms with van der Waals surface area (Å²) in [4.78, 5) is 0. The van der Waals surface area contributed by atoms with E-state index in [-0.39, 0.29) is 0 Å². The summed E-state index contributed by atoms with van der Waals surface area (Å²) in [5.41, 5.74) is 3.08. The summed E-state index contributed by atoms with van der Waals surface area (Å²) < 4.78 is 1.27. The van der Waals surface area contributed by atoms with Gasteiger partial charge < -0.3 is 0 Å². The average Bonchev–Trinajstić information content (AvgIpc) is 2.38. The molecule has 86 valence electrons. The van der Waals surface area contributed by atoms with Gasteiger partial charge in [-0.1, -0.05) is 65.9 Å². The second-order valence-electron chi connectivity index (χ2n) is 4.50. The summed E-state index contributed by atoms with van der Waals surface area (Å²) in [7, 11) is 0. The van der Waals surface area contributed by atoms with Gasteiger partial charge >= 0.3 is 0 Å². The summed E-state index contributed by atoms with van der Waals surface area (Å²) in [5.74, 6) is 1.49. The third-order valence-electron chi connectivity index (χ3n) is 3.55. The molecule has 0 bridgehead atoms. The van der Waals surface area contributed by atoms with Crippen LogP contribution in [0.5, 0.6) is 0 Å². The third-order valence-corrected chi connectivity index (χ3v) is 4.68. The molecule has 0 aromatic heterocycles. The lowest BCUT2D eigenvalue weighted by Crippen LogP contribution is -2.16. The van der Waals surface area contributed by atoms with Crippen LogP contribution in [-0.2, 0) is 6.42 Å². The Hall–Kier alpha value is -0.310. The van der Waals surface area contributed by atoms with Crippen molar-refractivity contribution in [3.05, 3.63) is 47.5 Å². The Kier molecular flexibility index (Phi) is 4.45. The second kappa shape index (κ2) is 5.85. The average molecular weight is 326 g/mol. The number of halogens is 1. The molecule has 1 aromatic carbocycles. The molecule has 0 aliphatic heterocycles. The number of rotatable bonds is 3. The molecule has 2 unspecified atom stereocenters. The van der Waals surface area contributed by atoms with Crippen LogP contribution in [0.2, 0.25) is 0 Å². The molecule has 0 heterocycles. The van der Waals surface area contributed by atoms with E-state index in [4.69, 9.17) is 0 Å². The van der Waals surface area contributed by atoms with Crippen molar-refractivity contribution >= 4 is 22.6 Å². The first-order valence-corrected chi connectivity index (χ1v) is 7.69. The fourth-order valence-electron chi connectivity index (χ4n) is 2.60. The molecular formula is C15H19I. The van der Waals surface area contributed by atoms with Gasteiger partial charge in [-0.05, 0) is 36.3 Å². The molecule has 0 saturated carbocycles. The SMILES string of the molecule is CCc1ccccc1C1C=CCCC1CI. The van der Waals surface area contributed by atoms with Gasteiger partial charge in [0.1, 0.15) is 0 Å². The molecule has 1 aliphatic rings. The fourth-order valence-corrected chi connectivity index (χ4v) is 3.59. The van der Waals surface area contributed by atoms with Crippen molar-refractivity contribution < 1.29 is 0 Å². The van der Waals surface area contributed by atoms with Crippen LogP contribution in [0.25, 0.3) is 0 Å². The Bertz CT molecular complexity index is 367. The normalized spacial score (nSPS) is 24.6. The number of benzene rings is 1. The fraction of sp³-hybridized carbons (Fsp3) is 0.467. The van der Waals surface area contributed by atoms with Crippen LogP contribution in [0.15, 0.2) is 36.4 Å². The lowest BCUT2D eigenvalue weighted by atomic mass is 9.79.